The molecule has 7 heteroatoms. The minimum Gasteiger partial charge on any atom is -0.349 e. The minimum atomic E-state index is -3.52. The molecule has 1 fully saturated rings. The molecule has 156 valence electrons. The highest BCUT2D eigenvalue weighted by molar-refractivity contribution is 7.89. The number of amides is 1. The van der Waals surface area contributed by atoms with Crippen LogP contribution in [0.5, 0.6) is 0 Å². The SMILES string of the molecule is CC(C)c1ccc(S(=O)(=O)N2CCC(C(=O)NC(C)c3ccncc3)CC2)cc1. The second-order valence-corrected chi connectivity index (χ2v) is 9.85. The van der Waals surface area contributed by atoms with E-state index in [0.717, 1.165) is 11.1 Å². The highest BCUT2D eigenvalue weighted by Crippen LogP contribution is 2.26. The molecule has 0 spiro atoms. The molecule has 1 aromatic carbocycles. The highest BCUT2D eigenvalue weighted by atomic mass is 32.2. The van der Waals surface area contributed by atoms with Gasteiger partial charge in [0.1, 0.15) is 0 Å². The number of nitrogens with one attached hydrogen (secondary N) is 1. The molecule has 0 radical (unpaired) electrons. The lowest BCUT2D eigenvalue weighted by Gasteiger charge is -2.31. The Balaban J connectivity index is 1.58. The van der Waals surface area contributed by atoms with E-state index in [0.29, 0.717) is 36.7 Å². The third-order valence-electron chi connectivity index (χ3n) is 5.57. The van der Waals surface area contributed by atoms with Crippen molar-refractivity contribution in [3.05, 3.63) is 59.9 Å². The van der Waals surface area contributed by atoms with E-state index in [1.807, 2.05) is 31.2 Å². The number of aromatic nitrogens is 1. The van der Waals surface area contributed by atoms with Crippen LogP contribution in [-0.2, 0) is 14.8 Å². The number of sulfonamides is 1. The van der Waals surface area contributed by atoms with Crippen LogP contribution < -0.4 is 5.32 Å². The molecule has 6 nitrogen and oxygen atoms in total. The molecule has 3 rings (SSSR count). The summed E-state index contributed by atoms with van der Waals surface area (Å²) < 4.78 is 27.3. The molecule has 2 heterocycles. The molecule has 1 aliphatic rings. The van der Waals surface area contributed by atoms with Gasteiger partial charge in [-0.25, -0.2) is 8.42 Å². The van der Waals surface area contributed by atoms with Gasteiger partial charge in [-0.3, -0.25) is 9.78 Å². The average Bonchev–Trinajstić information content (AvgIpc) is 2.74. The Bertz CT molecular complexity index is 920. The molecule has 29 heavy (non-hydrogen) atoms. The summed E-state index contributed by atoms with van der Waals surface area (Å²) in [5, 5.41) is 3.03. The predicted octanol–water partition coefficient (Wildman–Crippen LogP) is 3.48. The predicted molar refractivity (Wildman–Crippen MR) is 113 cm³/mol. The Kier molecular flexibility index (Phi) is 6.70. The lowest BCUT2D eigenvalue weighted by Crippen LogP contribution is -2.43. The molecule has 0 bridgehead atoms. The van der Waals surface area contributed by atoms with Crippen molar-refractivity contribution in [2.24, 2.45) is 5.92 Å². The van der Waals surface area contributed by atoms with Crippen molar-refractivity contribution in [2.75, 3.05) is 13.1 Å². The first-order chi connectivity index (χ1) is 13.8. The van der Waals surface area contributed by atoms with E-state index in [1.165, 1.54) is 4.31 Å². The van der Waals surface area contributed by atoms with Crippen LogP contribution in [0.15, 0.2) is 53.7 Å². The first kappa shape index (κ1) is 21.5. The van der Waals surface area contributed by atoms with Crippen LogP contribution in [-0.4, -0.2) is 36.7 Å². The smallest absolute Gasteiger partial charge is 0.243 e. The largest absolute Gasteiger partial charge is 0.349 e. The van der Waals surface area contributed by atoms with Crippen LogP contribution in [0.2, 0.25) is 0 Å². The first-order valence-corrected chi connectivity index (χ1v) is 11.5. The van der Waals surface area contributed by atoms with Crippen molar-refractivity contribution in [3.63, 3.8) is 0 Å². The number of hydrogen-bond donors (Lipinski definition) is 1. The van der Waals surface area contributed by atoms with Crippen LogP contribution >= 0.6 is 0 Å². The van der Waals surface area contributed by atoms with Gasteiger partial charge in [0, 0.05) is 31.4 Å². The summed E-state index contributed by atoms with van der Waals surface area (Å²) in [4.78, 5) is 16.9. The van der Waals surface area contributed by atoms with Gasteiger partial charge in [-0.15, -0.1) is 0 Å². The van der Waals surface area contributed by atoms with Crippen LogP contribution in [0, 0.1) is 5.92 Å². The lowest BCUT2D eigenvalue weighted by molar-refractivity contribution is -0.126. The molecule has 1 amide bonds. The van der Waals surface area contributed by atoms with Gasteiger partial charge in [-0.05, 0) is 61.1 Å². The van der Waals surface area contributed by atoms with Crippen LogP contribution in [0.4, 0.5) is 0 Å². The van der Waals surface area contributed by atoms with Gasteiger partial charge in [-0.1, -0.05) is 26.0 Å². The maximum atomic E-state index is 12.9. The second kappa shape index (κ2) is 9.05. The van der Waals surface area contributed by atoms with Crippen molar-refractivity contribution in [1.29, 1.82) is 0 Å². The molecular formula is C22H29N3O3S. The van der Waals surface area contributed by atoms with Gasteiger partial charge in [0.25, 0.3) is 0 Å². The molecule has 1 saturated heterocycles. The van der Waals surface area contributed by atoms with Crippen LogP contribution in [0.25, 0.3) is 0 Å². The van der Waals surface area contributed by atoms with E-state index in [-0.39, 0.29) is 17.9 Å². The summed E-state index contributed by atoms with van der Waals surface area (Å²) in [7, 11) is -3.52. The van der Waals surface area contributed by atoms with Gasteiger partial charge in [-0.2, -0.15) is 4.31 Å². The minimum absolute atomic E-state index is 0.0207. The van der Waals surface area contributed by atoms with E-state index in [4.69, 9.17) is 0 Å². The third kappa shape index (κ3) is 5.03. The Morgan fingerprint density at radius 3 is 2.14 bits per heavy atom. The number of benzene rings is 1. The zero-order chi connectivity index (χ0) is 21.0. The number of rotatable bonds is 6. The average molecular weight is 416 g/mol. The maximum absolute atomic E-state index is 12.9. The van der Waals surface area contributed by atoms with E-state index in [1.54, 1.807) is 24.5 Å². The van der Waals surface area contributed by atoms with Crippen molar-refractivity contribution >= 4 is 15.9 Å². The molecule has 1 N–H and O–H groups in total. The molecule has 0 aliphatic carbocycles. The topological polar surface area (TPSA) is 79.4 Å². The summed E-state index contributed by atoms with van der Waals surface area (Å²) >= 11 is 0. The highest BCUT2D eigenvalue weighted by Gasteiger charge is 2.32. The summed E-state index contributed by atoms with van der Waals surface area (Å²) in [6, 6.07) is 10.8. The Hall–Kier alpha value is -2.25. The van der Waals surface area contributed by atoms with Crippen molar-refractivity contribution in [1.82, 2.24) is 14.6 Å². The number of carbonyl (C=O) groups excluding carboxylic acids is 1. The van der Waals surface area contributed by atoms with Gasteiger partial charge < -0.3 is 5.32 Å². The van der Waals surface area contributed by atoms with Gasteiger partial charge in [0.2, 0.25) is 15.9 Å². The molecule has 1 atom stereocenters. The first-order valence-electron chi connectivity index (χ1n) is 10.1. The molecule has 0 saturated carbocycles. The van der Waals surface area contributed by atoms with Crippen molar-refractivity contribution < 1.29 is 13.2 Å². The van der Waals surface area contributed by atoms with Gasteiger partial charge >= 0.3 is 0 Å². The molecular weight excluding hydrogens is 386 g/mol. The molecule has 2 aromatic rings. The van der Waals surface area contributed by atoms with Crippen LogP contribution in [0.1, 0.15) is 56.7 Å². The Morgan fingerprint density at radius 1 is 1.00 bits per heavy atom. The zero-order valence-corrected chi connectivity index (χ0v) is 18.0. The fraction of sp³-hybridized carbons (Fsp3) is 0.455. The number of piperidine rings is 1. The summed E-state index contributed by atoms with van der Waals surface area (Å²) in [6.45, 7) is 6.81. The quantitative estimate of drug-likeness (QED) is 0.783. The summed E-state index contributed by atoms with van der Waals surface area (Å²) in [5.41, 5.74) is 2.11. The number of hydrogen-bond acceptors (Lipinski definition) is 4. The number of pyridine rings is 1. The van der Waals surface area contributed by atoms with Crippen LogP contribution in [0.3, 0.4) is 0 Å². The summed E-state index contributed by atoms with van der Waals surface area (Å²) in [5.74, 6) is 0.164. The standard InChI is InChI=1S/C22H29N3O3S/c1-16(2)18-4-6-21(7-5-18)29(27,28)25-14-10-20(11-15-25)22(26)24-17(3)19-8-12-23-13-9-19/h4-9,12-13,16-17,20H,10-11,14-15H2,1-3H3,(H,24,26). The normalized spacial score (nSPS) is 17.2. The van der Waals surface area contributed by atoms with E-state index in [2.05, 4.69) is 24.1 Å². The maximum Gasteiger partial charge on any atom is 0.243 e. The molecule has 1 aromatic heterocycles. The molecule has 1 aliphatic heterocycles. The van der Waals surface area contributed by atoms with E-state index >= 15 is 0 Å². The monoisotopic (exact) mass is 415 g/mol. The number of nitrogens with zero attached hydrogens (tertiary/aromatic N) is 2. The van der Waals surface area contributed by atoms with E-state index in [9.17, 15) is 13.2 Å². The number of carbonyl (C=O) groups is 1. The Morgan fingerprint density at radius 2 is 1.59 bits per heavy atom. The third-order valence-corrected chi connectivity index (χ3v) is 7.49. The van der Waals surface area contributed by atoms with Crippen molar-refractivity contribution in [2.45, 2.75) is 50.5 Å². The second-order valence-electron chi connectivity index (χ2n) is 7.91. The van der Waals surface area contributed by atoms with Crippen molar-refractivity contribution in [3.8, 4) is 0 Å². The zero-order valence-electron chi connectivity index (χ0n) is 17.2. The fourth-order valence-electron chi connectivity index (χ4n) is 3.60. The molecule has 1 unspecified atom stereocenters. The Labute approximate surface area is 173 Å². The summed E-state index contributed by atoms with van der Waals surface area (Å²) in [6.07, 6.45) is 4.46. The van der Waals surface area contributed by atoms with Gasteiger partial charge in [0.05, 0.1) is 10.9 Å². The fourth-order valence-corrected chi connectivity index (χ4v) is 5.07. The van der Waals surface area contributed by atoms with Gasteiger partial charge in [0.15, 0.2) is 0 Å². The lowest BCUT2D eigenvalue weighted by atomic mass is 9.96. The van der Waals surface area contributed by atoms with E-state index < -0.39 is 10.0 Å².